The molecule has 0 aliphatic rings. The molecule has 0 bridgehead atoms. The zero-order valence-corrected chi connectivity index (χ0v) is 16.3. The summed E-state index contributed by atoms with van der Waals surface area (Å²) in [6.45, 7) is 3.51. The Morgan fingerprint density at radius 3 is 2.60 bits per heavy atom. The molecule has 9 heteroatoms. The van der Waals surface area contributed by atoms with E-state index in [-0.39, 0.29) is 17.0 Å². The van der Waals surface area contributed by atoms with Crippen LogP contribution >= 0.6 is 11.6 Å². The maximum atomic E-state index is 12.5. The summed E-state index contributed by atoms with van der Waals surface area (Å²) in [5.74, 6) is 0.992. The monoisotopic (exact) mass is 395 g/mol. The molecule has 0 aromatic heterocycles. The van der Waals surface area contributed by atoms with E-state index in [4.69, 9.17) is 11.6 Å². The maximum Gasteiger partial charge on any atom is 0.387 e. The second kappa shape index (κ2) is 9.91. The van der Waals surface area contributed by atoms with Crippen LogP contribution in [-0.4, -0.2) is 40.9 Å². The Hall–Kier alpha value is -1.41. The SMILES string of the molecule is CN=C(NCCS(=O)C(C)(C)C)NCc1cc(Cl)ccc1OC(F)F. The average Bonchev–Trinajstić information content (AvgIpc) is 2.51. The lowest BCUT2D eigenvalue weighted by Gasteiger charge is -2.19. The first kappa shape index (κ1) is 21.6. The summed E-state index contributed by atoms with van der Waals surface area (Å²) in [7, 11) is 0.613. The number of alkyl halides is 2. The molecule has 25 heavy (non-hydrogen) atoms. The molecular weight excluding hydrogens is 372 g/mol. The molecule has 0 amide bonds. The predicted octanol–water partition coefficient (Wildman–Crippen LogP) is 3.15. The third kappa shape index (κ3) is 8.00. The molecule has 2 N–H and O–H groups in total. The number of nitrogens with one attached hydrogen (secondary N) is 2. The molecule has 0 saturated carbocycles. The van der Waals surface area contributed by atoms with Crippen LogP contribution in [0.4, 0.5) is 8.78 Å². The number of nitrogens with zero attached hydrogens (tertiary/aromatic N) is 1. The van der Waals surface area contributed by atoms with Gasteiger partial charge in [0.15, 0.2) is 5.96 Å². The molecule has 0 aliphatic heterocycles. The van der Waals surface area contributed by atoms with Crippen molar-refractivity contribution >= 4 is 28.4 Å². The van der Waals surface area contributed by atoms with Crippen LogP contribution in [0.15, 0.2) is 23.2 Å². The highest BCUT2D eigenvalue weighted by atomic mass is 35.5. The second-order valence-electron chi connectivity index (χ2n) is 6.15. The fourth-order valence-electron chi connectivity index (χ4n) is 1.86. The van der Waals surface area contributed by atoms with Gasteiger partial charge in [0.2, 0.25) is 0 Å². The van der Waals surface area contributed by atoms with Gasteiger partial charge < -0.3 is 15.4 Å². The van der Waals surface area contributed by atoms with E-state index in [1.54, 1.807) is 13.1 Å². The van der Waals surface area contributed by atoms with Gasteiger partial charge in [-0.1, -0.05) is 11.6 Å². The molecular formula is C16H24ClF2N3O2S. The summed E-state index contributed by atoms with van der Waals surface area (Å²) >= 11 is 5.91. The number of hydrogen-bond acceptors (Lipinski definition) is 3. The van der Waals surface area contributed by atoms with Crippen molar-refractivity contribution in [3.8, 4) is 5.75 Å². The lowest BCUT2D eigenvalue weighted by molar-refractivity contribution is -0.0504. The van der Waals surface area contributed by atoms with Gasteiger partial charge in [0.25, 0.3) is 0 Å². The summed E-state index contributed by atoms with van der Waals surface area (Å²) < 4.78 is 41.1. The van der Waals surface area contributed by atoms with Crippen molar-refractivity contribution < 1.29 is 17.7 Å². The highest BCUT2D eigenvalue weighted by Crippen LogP contribution is 2.24. The van der Waals surface area contributed by atoms with E-state index in [1.165, 1.54) is 12.1 Å². The fourth-order valence-corrected chi connectivity index (χ4v) is 2.96. The quantitative estimate of drug-likeness (QED) is 0.550. The highest BCUT2D eigenvalue weighted by Gasteiger charge is 2.18. The van der Waals surface area contributed by atoms with Crippen molar-refractivity contribution in [1.82, 2.24) is 10.6 Å². The third-order valence-corrected chi connectivity index (χ3v) is 5.35. The van der Waals surface area contributed by atoms with Crippen LogP contribution in [0.2, 0.25) is 5.02 Å². The Morgan fingerprint density at radius 1 is 1.36 bits per heavy atom. The van der Waals surface area contributed by atoms with Crippen LogP contribution in [0.1, 0.15) is 26.3 Å². The molecule has 1 aromatic carbocycles. The van der Waals surface area contributed by atoms with Gasteiger partial charge in [-0.15, -0.1) is 0 Å². The Bertz CT molecular complexity index is 622. The van der Waals surface area contributed by atoms with Crippen molar-refractivity contribution in [3.05, 3.63) is 28.8 Å². The van der Waals surface area contributed by atoms with E-state index in [0.717, 1.165) is 0 Å². The van der Waals surface area contributed by atoms with Gasteiger partial charge in [-0.3, -0.25) is 9.20 Å². The number of halogens is 3. The molecule has 0 spiro atoms. The lowest BCUT2D eigenvalue weighted by atomic mass is 10.2. The lowest BCUT2D eigenvalue weighted by Crippen LogP contribution is -2.40. The summed E-state index contributed by atoms with van der Waals surface area (Å²) in [6.07, 6.45) is 0. The molecule has 1 rings (SSSR count). The Kier molecular flexibility index (Phi) is 8.58. The molecule has 0 saturated heterocycles. The van der Waals surface area contributed by atoms with Crippen LogP contribution in [-0.2, 0) is 17.3 Å². The minimum Gasteiger partial charge on any atom is -0.434 e. The van der Waals surface area contributed by atoms with Crippen molar-refractivity contribution in [2.75, 3.05) is 19.3 Å². The van der Waals surface area contributed by atoms with E-state index >= 15 is 0 Å². The molecule has 0 fully saturated rings. The van der Waals surface area contributed by atoms with E-state index in [9.17, 15) is 13.0 Å². The van der Waals surface area contributed by atoms with Crippen LogP contribution in [0.3, 0.4) is 0 Å². The van der Waals surface area contributed by atoms with Gasteiger partial charge in [-0.25, -0.2) is 0 Å². The largest absolute Gasteiger partial charge is 0.434 e. The van der Waals surface area contributed by atoms with E-state index in [2.05, 4.69) is 20.4 Å². The van der Waals surface area contributed by atoms with E-state index in [0.29, 0.717) is 28.8 Å². The Balaban J connectivity index is 2.60. The number of guanidine groups is 1. The third-order valence-electron chi connectivity index (χ3n) is 3.17. The molecule has 1 aromatic rings. The van der Waals surface area contributed by atoms with E-state index in [1.807, 2.05) is 20.8 Å². The fraction of sp³-hybridized carbons (Fsp3) is 0.562. The smallest absolute Gasteiger partial charge is 0.387 e. The normalized spacial score (nSPS) is 13.7. The average molecular weight is 396 g/mol. The van der Waals surface area contributed by atoms with Gasteiger partial charge in [-0.2, -0.15) is 8.78 Å². The number of hydrogen-bond donors (Lipinski definition) is 2. The van der Waals surface area contributed by atoms with Crippen molar-refractivity contribution in [3.63, 3.8) is 0 Å². The van der Waals surface area contributed by atoms with Gasteiger partial charge in [0.05, 0.1) is 0 Å². The van der Waals surface area contributed by atoms with Gasteiger partial charge in [0, 0.05) is 52.0 Å². The predicted molar refractivity (Wildman–Crippen MR) is 99.0 cm³/mol. The maximum absolute atomic E-state index is 12.5. The molecule has 0 radical (unpaired) electrons. The molecule has 5 nitrogen and oxygen atoms in total. The zero-order chi connectivity index (χ0) is 19.0. The van der Waals surface area contributed by atoms with Crippen molar-refractivity contribution in [1.29, 1.82) is 0 Å². The van der Waals surface area contributed by atoms with Crippen molar-refractivity contribution in [2.24, 2.45) is 4.99 Å². The molecule has 0 aliphatic carbocycles. The standard InChI is InChI=1S/C16H24ClF2N3O2S/c1-16(2,3)25(23)8-7-21-15(20-4)22-10-11-9-12(17)5-6-13(11)24-14(18)19/h5-6,9,14H,7-8,10H2,1-4H3,(H2,20,21,22). The summed E-state index contributed by atoms with van der Waals surface area (Å²) in [4.78, 5) is 4.05. The first-order valence-corrected chi connectivity index (χ1v) is 9.39. The first-order valence-electron chi connectivity index (χ1n) is 7.69. The summed E-state index contributed by atoms with van der Waals surface area (Å²) in [6, 6.07) is 4.43. The number of ether oxygens (including phenoxy) is 1. The molecule has 1 unspecified atom stereocenters. The summed E-state index contributed by atoms with van der Waals surface area (Å²) in [5.41, 5.74) is 0.481. The van der Waals surface area contributed by atoms with Gasteiger partial charge in [-0.05, 0) is 39.0 Å². The van der Waals surface area contributed by atoms with Gasteiger partial charge in [0.1, 0.15) is 5.75 Å². The summed E-state index contributed by atoms with van der Waals surface area (Å²) in [5, 5.41) is 6.46. The molecule has 1 atom stereocenters. The minimum absolute atomic E-state index is 0.0520. The zero-order valence-electron chi connectivity index (χ0n) is 14.7. The first-order chi connectivity index (χ1) is 11.6. The Morgan fingerprint density at radius 2 is 2.04 bits per heavy atom. The Labute approximate surface area is 154 Å². The van der Waals surface area contributed by atoms with Crippen LogP contribution in [0, 0.1) is 0 Å². The number of rotatable bonds is 7. The topological polar surface area (TPSA) is 62.7 Å². The number of aliphatic imine (C=N–C) groups is 1. The molecule has 0 heterocycles. The minimum atomic E-state index is -2.91. The van der Waals surface area contributed by atoms with Crippen LogP contribution in [0.25, 0.3) is 0 Å². The second-order valence-corrected chi connectivity index (χ2v) is 8.91. The van der Waals surface area contributed by atoms with E-state index < -0.39 is 17.4 Å². The highest BCUT2D eigenvalue weighted by molar-refractivity contribution is 7.86. The van der Waals surface area contributed by atoms with Gasteiger partial charge >= 0.3 is 6.61 Å². The van der Waals surface area contributed by atoms with Crippen molar-refractivity contribution in [2.45, 2.75) is 38.7 Å². The van der Waals surface area contributed by atoms with Crippen LogP contribution in [0.5, 0.6) is 5.75 Å². The molecule has 142 valence electrons. The van der Waals surface area contributed by atoms with Crippen LogP contribution < -0.4 is 15.4 Å². The number of benzene rings is 1.